The number of carbonyl (C=O) groups excluding carboxylic acids is 1. The smallest absolute Gasteiger partial charge is 0.224 e. The Morgan fingerprint density at radius 2 is 1.96 bits per heavy atom. The standard InChI is InChI=1S/C20H32N6O.HI/c1-2-21-20(24-17-7-3-4-8-17)23-12-10-19(27)26-15-13-25(14-16-26)18-9-5-6-11-22-18;/h5-6,9,11,17H,2-4,7-8,10,12-16H2,1H3,(H2,21,23,24);1H. The fourth-order valence-corrected chi connectivity index (χ4v) is 3.73. The Morgan fingerprint density at radius 1 is 1.21 bits per heavy atom. The topological polar surface area (TPSA) is 72.9 Å². The molecule has 28 heavy (non-hydrogen) atoms. The highest BCUT2D eigenvalue weighted by Crippen LogP contribution is 2.17. The molecule has 2 heterocycles. The molecule has 1 aliphatic heterocycles. The van der Waals surface area contributed by atoms with Crippen LogP contribution < -0.4 is 15.5 Å². The molecule has 0 aromatic carbocycles. The number of aromatic nitrogens is 1. The number of amides is 1. The average Bonchev–Trinajstić information content (AvgIpc) is 3.22. The Morgan fingerprint density at radius 3 is 2.61 bits per heavy atom. The molecule has 1 saturated heterocycles. The third kappa shape index (κ3) is 6.79. The van der Waals surface area contributed by atoms with E-state index in [1.165, 1.54) is 25.7 Å². The van der Waals surface area contributed by atoms with Crippen molar-refractivity contribution in [2.75, 3.05) is 44.2 Å². The van der Waals surface area contributed by atoms with E-state index in [2.05, 4.69) is 32.4 Å². The molecule has 1 amide bonds. The second-order valence-electron chi connectivity index (χ2n) is 7.19. The van der Waals surface area contributed by atoms with Crippen molar-refractivity contribution in [1.82, 2.24) is 20.5 Å². The summed E-state index contributed by atoms with van der Waals surface area (Å²) < 4.78 is 0. The summed E-state index contributed by atoms with van der Waals surface area (Å²) in [5, 5.41) is 6.78. The molecule has 0 bridgehead atoms. The Hall–Kier alpha value is -1.58. The van der Waals surface area contributed by atoms with Crippen molar-refractivity contribution < 1.29 is 4.79 Å². The van der Waals surface area contributed by atoms with Crippen molar-refractivity contribution in [3.63, 3.8) is 0 Å². The minimum absolute atomic E-state index is 0. The van der Waals surface area contributed by atoms with Crippen LogP contribution in [-0.2, 0) is 4.79 Å². The van der Waals surface area contributed by atoms with Crippen LogP contribution in [0.4, 0.5) is 5.82 Å². The van der Waals surface area contributed by atoms with E-state index in [1.54, 1.807) is 0 Å². The second kappa shape index (κ2) is 12.1. The zero-order valence-corrected chi connectivity index (χ0v) is 19.1. The highest BCUT2D eigenvalue weighted by atomic mass is 127. The molecule has 156 valence electrons. The Labute approximate surface area is 185 Å². The Bertz CT molecular complexity index is 612. The van der Waals surface area contributed by atoms with Gasteiger partial charge in [0.2, 0.25) is 5.91 Å². The summed E-state index contributed by atoms with van der Waals surface area (Å²) in [5.74, 6) is 2.02. The highest BCUT2D eigenvalue weighted by Gasteiger charge is 2.21. The van der Waals surface area contributed by atoms with E-state index in [1.807, 2.05) is 29.3 Å². The molecule has 2 aliphatic rings. The number of hydrogen-bond donors (Lipinski definition) is 2. The van der Waals surface area contributed by atoms with E-state index in [4.69, 9.17) is 0 Å². The summed E-state index contributed by atoms with van der Waals surface area (Å²) in [7, 11) is 0. The van der Waals surface area contributed by atoms with Crippen LogP contribution in [0, 0.1) is 0 Å². The van der Waals surface area contributed by atoms with Gasteiger partial charge in [-0.05, 0) is 31.9 Å². The third-order valence-corrected chi connectivity index (χ3v) is 5.24. The van der Waals surface area contributed by atoms with E-state index in [-0.39, 0.29) is 29.9 Å². The maximum atomic E-state index is 12.5. The van der Waals surface area contributed by atoms with Gasteiger partial charge in [-0.25, -0.2) is 4.98 Å². The number of carbonyl (C=O) groups is 1. The lowest BCUT2D eigenvalue weighted by atomic mass is 10.2. The van der Waals surface area contributed by atoms with Crippen LogP contribution in [0.15, 0.2) is 29.4 Å². The molecule has 0 atom stereocenters. The summed E-state index contributed by atoms with van der Waals surface area (Å²) in [4.78, 5) is 25.7. The van der Waals surface area contributed by atoms with Gasteiger partial charge < -0.3 is 20.4 Å². The van der Waals surface area contributed by atoms with Gasteiger partial charge in [-0.2, -0.15) is 0 Å². The molecule has 0 spiro atoms. The first-order chi connectivity index (χ1) is 13.3. The number of pyridine rings is 1. The van der Waals surface area contributed by atoms with Gasteiger partial charge in [0, 0.05) is 51.4 Å². The zero-order chi connectivity index (χ0) is 18.9. The predicted octanol–water partition coefficient (Wildman–Crippen LogP) is 2.24. The lowest BCUT2D eigenvalue weighted by molar-refractivity contribution is -0.131. The van der Waals surface area contributed by atoms with Gasteiger partial charge >= 0.3 is 0 Å². The third-order valence-electron chi connectivity index (χ3n) is 5.24. The lowest BCUT2D eigenvalue weighted by Crippen LogP contribution is -2.49. The fraction of sp³-hybridized carbons (Fsp3) is 0.650. The minimum atomic E-state index is 0. The molecule has 8 heteroatoms. The summed E-state index contributed by atoms with van der Waals surface area (Å²) >= 11 is 0. The van der Waals surface area contributed by atoms with Crippen LogP contribution in [-0.4, -0.2) is 67.1 Å². The normalized spacial score (nSPS) is 18.0. The molecule has 3 rings (SSSR count). The molecular weight excluding hydrogens is 467 g/mol. The van der Waals surface area contributed by atoms with E-state index in [9.17, 15) is 4.79 Å². The van der Waals surface area contributed by atoms with Crippen molar-refractivity contribution in [2.45, 2.75) is 45.1 Å². The predicted molar refractivity (Wildman–Crippen MR) is 124 cm³/mol. The van der Waals surface area contributed by atoms with Crippen molar-refractivity contribution >= 4 is 41.7 Å². The molecule has 7 nitrogen and oxygen atoms in total. The number of nitrogens with zero attached hydrogens (tertiary/aromatic N) is 4. The fourth-order valence-electron chi connectivity index (χ4n) is 3.73. The van der Waals surface area contributed by atoms with Crippen LogP contribution in [0.5, 0.6) is 0 Å². The number of guanidine groups is 1. The molecule has 1 aromatic rings. The summed E-state index contributed by atoms with van der Waals surface area (Å²) in [5.41, 5.74) is 0. The van der Waals surface area contributed by atoms with Gasteiger partial charge in [-0.15, -0.1) is 24.0 Å². The van der Waals surface area contributed by atoms with E-state index < -0.39 is 0 Å². The van der Waals surface area contributed by atoms with Crippen LogP contribution in [0.25, 0.3) is 0 Å². The lowest BCUT2D eigenvalue weighted by Gasteiger charge is -2.35. The largest absolute Gasteiger partial charge is 0.357 e. The molecule has 0 unspecified atom stereocenters. The number of rotatable bonds is 6. The molecule has 1 aliphatic carbocycles. The molecule has 2 fully saturated rings. The van der Waals surface area contributed by atoms with Crippen molar-refractivity contribution in [3.8, 4) is 0 Å². The van der Waals surface area contributed by atoms with Gasteiger partial charge in [-0.1, -0.05) is 18.9 Å². The molecule has 0 radical (unpaired) electrons. The van der Waals surface area contributed by atoms with Crippen molar-refractivity contribution in [3.05, 3.63) is 24.4 Å². The highest BCUT2D eigenvalue weighted by molar-refractivity contribution is 14.0. The maximum absolute atomic E-state index is 12.5. The van der Waals surface area contributed by atoms with Crippen LogP contribution in [0.3, 0.4) is 0 Å². The summed E-state index contributed by atoms with van der Waals surface area (Å²) in [6, 6.07) is 6.47. The minimum Gasteiger partial charge on any atom is -0.357 e. The zero-order valence-electron chi connectivity index (χ0n) is 16.8. The Kier molecular flexibility index (Phi) is 9.80. The first-order valence-corrected chi connectivity index (χ1v) is 10.2. The summed E-state index contributed by atoms with van der Waals surface area (Å²) in [6.07, 6.45) is 7.28. The molecule has 2 N–H and O–H groups in total. The van der Waals surface area contributed by atoms with Crippen LogP contribution in [0.2, 0.25) is 0 Å². The van der Waals surface area contributed by atoms with E-state index >= 15 is 0 Å². The van der Waals surface area contributed by atoms with Gasteiger partial charge in [0.15, 0.2) is 5.96 Å². The van der Waals surface area contributed by atoms with Crippen molar-refractivity contribution in [2.24, 2.45) is 4.99 Å². The second-order valence-corrected chi connectivity index (χ2v) is 7.19. The first kappa shape index (κ1) is 22.7. The quantitative estimate of drug-likeness (QED) is 0.356. The SMILES string of the molecule is CCNC(=NCCC(=O)N1CCN(c2ccccn2)CC1)NC1CCCC1.I. The molecule has 1 aromatic heterocycles. The van der Waals surface area contributed by atoms with E-state index in [0.29, 0.717) is 19.0 Å². The molecule has 1 saturated carbocycles. The maximum Gasteiger partial charge on any atom is 0.224 e. The number of aliphatic imine (C=N–C) groups is 1. The van der Waals surface area contributed by atoms with Crippen LogP contribution in [0.1, 0.15) is 39.0 Å². The van der Waals surface area contributed by atoms with Crippen LogP contribution >= 0.6 is 24.0 Å². The molecular formula is C20H33IN6O. The van der Waals surface area contributed by atoms with Gasteiger partial charge in [0.1, 0.15) is 5.82 Å². The monoisotopic (exact) mass is 500 g/mol. The van der Waals surface area contributed by atoms with Gasteiger partial charge in [0.25, 0.3) is 0 Å². The number of anilines is 1. The van der Waals surface area contributed by atoms with Crippen molar-refractivity contribution in [1.29, 1.82) is 0 Å². The first-order valence-electron chi connectivity index (χ1n) is 10.2. The number of nitrogens with one attached hydrogen (secondary N) is 2. The number of piperazine rings is 1. The summed E-state index contributed by atoms with van der Waals surface area (Å²) in [6.45, 7) is 6.59. The van der Waals surface area contributed by atoms with Gasteiger partial charge in [-0.3, -0.25) is 9.79 Å². The number of hydrogen-bond acceptors (Lipinski definition) is 4. The van der Waals surface area contributed by atoms with E-state index in [0.717, 1.165) is 44.5 Å². The number of halogens is 1. The Balaban J connectivity index is 0.00000280. The average molecular weight is 500 g/mol. The van der Waals surface area contributed by atoms with Gasteiger partial charge in [0.05, 0.1) is 6.54 Å².